The second-order valence-electron chi connectivity index (χ2n) is 7.97. The van der Waals surface area contributed by atoms with Gasteiger partial charge in [-0.1, -0.05) is 37.6 Å². The Hall–Kier alpha value is -0.550. The third-order valence-electron chi connectivity index (χ3n) is 5.94. The zero-order valence-electron chi connectivity index (χ0n) is 17.8. The molecule has 0 amide bonds. The lowest BCUT2D eigenvalue weighted by Gasteiger charge is -2.21. The zero-order chi connectivity index (χ0) is 21.6. The molecular formula is C23H38Cl2O4. The van der Waals surface area contributed by atoms with Crippen LogP contribution in [-0.2, 0) is 9.53 Å². The van der Waals surface area contributed by atoms with Gasteiger partial charge < -0.3 is 14.9 Å². The molecule has 0 spiro atoms. The van der Waals surface area contributed by atoms with Crippen molar-refractivity contribution in [3.05, 3.63) is 24.3 Å². The molecule has 2 N–H and O–H groups in total. The fourth-order valence-electron chi connectivity index (χ4n) is 4.08. The Labute approximate surface area is 186 Å². The van der Waals surface area contributed by atoms with Gasteiger partial charge in [0.15, 0.2) is 0 Å². The molecule has 1 rings (SSSR count). The molecule has 0 aromatic carbocycles. The molecule has 0 heterocycles. The van der Waals surface area contributed by atoms with Crippen molar-refractivity contribution in [2.75, 3.05) is 13.0 Å². The minimum absolute atomic E-state index is 0.00679. The van der Waals surface area contributed by atoms with Crippen molar-refractivity contribution in [1.29, 1.82) is 0 Å². The van der Waals surface area contributed by atoms with Crippen LogP contribution in [0, 0.1) is 17.8 Å². The monoisotopic (exact) mass is 448 g/mol. The highest BCUT2D eigenvalue weighted by molar-refractivity contribution is 6.21. The highest BCUT2D eigenvalue weighted by atomic mass is 35.5. The Bertz CT molecular complexity index is 509. The number of rotatable bonds is 14. The van der Waals surface area contributed by atoms with Crippen molar-refractivity contribution >= 4 is 29.2 Å². The van der Waals surface area contributed by atoms with E-state index in [1.165, 1.54) is 7.11 Å². The minimum atomic E-state index is -0.443. The Morgan fingerprint density at radius 3 is 2.69 bits per heavy atom. The van der Waals surface area contributed by atoms with E-state index in [-0.39, 0.29) is 35.2 Å². The number of hydrogen-bond acceptors (Lipinski definition) is 4. The molecule has 29 heavy (non-hydrogen) atoms. The molecule has 1 aliphatic carbocycles. The molecule has 1 saturated carbocycles. The first-order chi connectivity index (χ1) is 13.9. The summed E-state index contributed by atoms with van der Waals surface area (Å²) in [5, 5.41) is 20.8. The fourth-order valence-corrected chi connectivity index (χ4v) is 4.69. The Morgan fingerprint density at radius 1 is 1.28 bits per heavy atom. The average molecular weight is 449 g/mol. The van der Waals surface area contributed by atoms with Gasteiger partial charge in [0.05, 0.1) is 19.3 Å². The van der Waals surface area contributed by atoms with Gasteiger partial charge in [-0.3, -0.25) is 4.79 Å². The predicted molar refractivity (Wildman–Crippen MR) is 120 cm³/mol. The van der Waals surface area contributed by atoms with Crippen LogP contribution in [0.1, 0.15) is 64.7 Å². The number of halogens is 2. The van der Waals surface area contributed by atoms with Crippen molar-refractivity contribution in [2.24, 2.45) is 17.8 Å². The van der Waals surface area contributed by atoms with E-state index in [0.29, 0.717) is 25.1 Å². The van der Waals surface area contributed by atoms with Gasteiger partial charge in [-0.15, -0.1) is 23.2 Å². The van der Waals surface area contributed by atoms with Crippen LogP contribution >= 0.6 is 23.2 Å². The van der Waals surface area contributed by atoms with Crippen LogP contribution in [0.15, 0.2) is 24.3 Å². The quantitative estimate of drug-likeness (QED) is 0.165. The number of allylic oxidation sites excluding steroid dienone is 2. The van der Waals surface area contributed by atoms with Gasteiger partial charge >= 0.3 is 5.97 Å². The molecule has 0 saturated heterocycles. The van der Waals surface area contributed by atoms with Crippen LogP contribution in [0.25, 0.3) is 0 Å². The smallest absolute Gasteiger partial charge is 0.305 e. The summed E-state index contributed by atoms with van der Waals surface area (Å²) in [5.41, 5.74) is 0. The van der Waals surface area contributed by atoms with E-state index in [4.69, 9.17) is 23.2 Å². The van der Waals surface area contributed by atoms with Gasteiger partial charge in [0.1, 0.15) is 0 Å². The fraction of sp³-hybridized carbons (Fsp3) is 0.783. The molecule has 0 aromatic heterocycles. The molecule has 0 bridgehead atoms. The van der Waals surface area contributed by atoms with E-state index < -0.39 is 6.10 Å². The van der Waals surface area contributed by atoms with Crippen molar-refractivity contribution < 1.29 is 19.7 Å². The number of alkyl halides is 2. The van der Waals surface area contributed by atoms with E-state index in [2.05, 4.69) is 23.8 Å². The molecule has 6 atom stereocenters. The van der Waals surface area contributed by atoms with E-state index >= 15 is 0 Å². The third kappa shape index (κ3) is 9.87. The Kier molecular flexibility index (Phi) is 14.0. The van der Waals surface area contributed by atoms with Crippen molar-refractivity contribution in [3.8, 4) is 0 Å². The van der Waals surface area contributed by atoms with Crippen LogP contribution in [0.2, 0.25) is 0 Å². The molecule has 168 valence electrons. The summed E-state index contributed by atoms with van der Waals surface area (Å²) in [7, 11) is 1.40. The third-order valence-corrected chi connectivity index (χ3v) is 6.71. The maximum absolute atomic E-state index is 11.1. The summed E-state index contributed by atoms with van der Waals surface area (Å²) in [4.78, 5) is 11.1. The number of esters is 1. The molecule has 0 aliphatic heterocycles. The standard InChI is InChI=1S/C23H38Cl2O4/c1-3-17(10-9-15-24)21(26)13-8-12-19-18(20(25)16-22(19)27)11-6-4-5-7-14-23(28)29-2/h4,6,8,12,17-22,26-27H,3,5,7,9-11,13-16H2,1-2H3/b6-4-,12-8+/t17?,18-,19-,20-,21+,22-/m1/s1. The molecular weight excluding hydrogens is 411 g/mol. The van der Waals surface area contributed by atoms with E-state index in [1.807, 2.05) is 12.2 Å². The van der Waals surface area contributed by atoms with Crippen LogP contribution in [0.3, 0.4) is 0 Å². The topological polar surface area (TPSA) is 66.8 Å². The summed E-state index contributed by atoms with van der Waals surface area (Å²) >= 11 is 12.3. The number of unbranched alkanes of at least 4 members (excludes halogenated alkanes) is 1. The normalized spacial score (nSPS) is 27.0. The van der Waals surface area contributed by atoms with Gasteiger partial charge in [0, 0.05) is 23.6 Å². The zero-order valence-corrected chi connectivity index (χ0v) is 19.3. The second kappa shape index (κ2) is 15.3. The highest BCUT2D eigenvalue weighted by Gasteiger charge is 2.39. The summed E-state index contributed by atoms with van der Waals surface area (Å²) in [6.45, 7) is 2.10. The van der Waals surface area contributed by atoms with Gasteiger partial charge in [-0.2, -0.15) is 0 Å². The van der Waals surface area contributed by atoms with Gasteiger partial charge in [-0.05, 0) is 56.8 Å². The number of aliphatic hydroxyl groups excluding tert-OH is 2. The maximum Gasteiger partial charge on any atom is 0.305 e. The lowest BCUT2D eigenvalue weighted by Crippen LogP contribution is -2.20. The van der Waals surface area contributed by atoms with Crippen LogP contribution in [0.4, 0.5) is 0 Å². The number of ether oxygens (including phenoxy) is 1. The van der Waals surface area contributed by atoms with Crippen molar-refractivity contribution in [1.82, 2.24) is 0 Å². The van der Waals surface area contributed by atoms with E-state index in [9.17, 15) is 15.0 Å². The Morgan fingerprint density at radius 2 is 2.03 bits per heavy atom. The number of aliphatic hydroxyl groups is 2. The summed E-state index contributed by atoms with van der Waals surface area (Å²) in [6, 6.07) is 0. The van der Waals surface area contributed by atoms with Crippen LogP contribution in [0.5, 0.6) is 0 Å². The van der Waals surface area contributed by atoms with Gasteiger partial charge in [0.25, 0.3) is 0 Å². The number of methoxy groups -OCH3 is 1. The van der Waals surface area contributed by atoms with Crippen molar-refractivity contribution in [3.63, 3.8) is 0 Å². The average Bonchev–Trinajstić information content (AvgIpc) is 2.97. The lowest BCUT2D eigenvalue weighted by atomic mass is 9.89. The Balaban J connectivity index is 2.50. The number of hydrogen-bond donors (Lipinski definition) is 2. The molecule has 0 radical (unpaired) electrons. The van der Waals surface area contributed by atoms with Crippen LogP contribution in [-0.4, -0.2) is 46.8 Å². The maximum atomic E-state index is 11.1. The molecule has 1 aliphatic rings. The second-order valence-corrected chi connectivity index (χ2v) is 8.91. The lowest BCUT2D eigenvalue weighted by molar-refractivity contribution is -0.140. The highest BCUT2D eigenvalue weighted by Crippen LogP contribution is 2.39. The van der Waals surface area contributed by atoms with Gasteiger partial charge in [-0.25, -0.2) is 0 Å². The SMILES string of the molecule is CCC(CCCCl)[C@@H](O)C/C=C/[C@@H]1[C@@H](C/C=C\CCCC(=O)OC)[C@H](Cl)C[C@H]1O. The number of carbonyl (C=O) groups is 1. The molecule has 0 aromatic rings. The first-order valence-corrected chi connectivity index (χ1v) is 11.9. The first kappa shape index (κ1) is 26.5. The van der Waals surface area contributed by atoms with Crippen LogP contribution < -0.4 is 0 Å². The number of carbonyl (C=O) groups excluding carboxylic acids is 1. The van der Waals surface area contributed by atoms with Crippen molar-refractivity contribution in [2.45, 2.75) is 82.3 Å². The molecule has 1 fully saturated rings. The summed E-state index contributed by atoms with van der Waals surface area (Å²) in [5.74, 6) is 0.889. The van der Waals surface area contributed by atoms with E-state index in [0.717, 1.165) is 38.5 Å². The minimum Gasteiger partial charge on any atom is -0.469 e. The summed E-state index contributed by atoms with van der Waals surface area (Å²) in [6.07, 6.45) is 14.2. The first-order valence-electron chi connectivity index (χ1n) is 10.9. The molecule has 6 heteroatoms. The molecule has 4 nitrogen and oxygen atoms in total. The summed E-state index contributed by atoms with van der Waals surface area (Å²) < 4.78 is 4.63. The van der Waals surface area contributed by atoms with E-state index in [1.54, 1.807) is 0 Å². The van der Waals surface area contributed by atoms with Gasteiger partial charge in [0.2, 0.25) is 0 Å². The predicted octanol–water partition coefficient (Wildman–Crippen LogP) is 5.23. The molecule has 1 unspecified atom stereocenters. The largest absolute Gasteiger partial charge is 0.469 e.